The number of rotatable bonds is 6. The number of hydrogen-bond acceptors (Lipinski definition) is 6. The molecule has 1 unspecified atom stereocenters. The Balaban J connectivity index is 1.61. The van der Waals surface area contributed by atoms with Crippen LogP contribution in [0.3, 0.4) is 0 Å². The first-order chi connectivity index (χ1) is 19.5. The minimum atomic E-state index is -0.322. The number of nitrogens with zero attached hydrogens (tertiary/aromatic N) is 6. The van der Waals surface area contributed by atoms with Crippen LogP contribution in [0, 0.1) is 11.8 Å². The molecule has 40 heavy (non-hydrogen) atoms. The zero-order valence-corrected chi connectivity index (χ0v) is 22.5. The molecule has 202 valence electrons. The van der Waals surface area contributed by atoms with Gasteiger partial charge in [-0.05, 0) is 53.8 Å². The van der Waals surface area contributed by atoms with E-state index in [-0.39, 0.29) is 47.8 Å². The molecule has 9 heteroatoms. The molecule has 0 spiro atoms. The summed E-state index contributed by atoms with van der Waals surface area (Å²) in [6.45, 7) is 3.82. The van der Waals surface area contributed by atoms with Gasteiger partial charge in [0, 0.05) is 31.5 Å². The number of fused-ring (bicyclic) bond motifs is 2. The molecule has 2 N–H and O–H groups in total. The number of anilines is 1. The third-order valence-corrected chi connectivity index (χ3v) is 7.55. The lowest BCUT2D eigenvalue weighted by atomic mass is 10.0. The van der Waals surface area contributed by atoms with Crippen molar-refractivity contribution in [3.05, 3.63) is 98.8 Å². The zero-order valence-electron chi connectivity index (χ0n) is 22.5. The third kappa shape index (κ3) is 4.67. The van der Waals surface area contributed by atoms with Gasteiger partial charge in [0.25, 0.3) is 11.1 Å². The van der Waals surface area contributed by atoms with Crippen molar-refractivity contribution in [2.45, 2.75) is 45.4 Å². The van der Waals surface area contributed by atoms with Crippen molar-refractivity contribution in [1.29, 1.82) is 0 Å². The summed E-state index contributed by atoms with van der Waals surface area (Å²) in [6.07, 6.45) is 5.22. The zero-order chi connectivity index (χ0) is 27.6. The molecule has 4 heterocycles. The predicted octanol–water partition coefficient (Wildman–Crippen LogP) is 2.96. The van der Waals surface area contributed by atoms with E-state index in [1.807, 2.05) is 54.6 Å². The van der Waals surface area contributed by atoms with Crippen molar-refractivity contribution < 1.29 is 0 Å². The van der Waals surface area contributed by atoms with Gasteiger partial charge in [0.15, 0.2) is 5.52 Å². The molecule has 0 radical (unpaired) electrons. The average molecular weight is 534 g/mol. The van der Waals surface area contributed by atoms with Crippen molar-refractivity contribution in [3.63, 3.8) is 0 Å². The SMILES string of the molecule is CC#CCn1c(N2CCCC(N)C2)nc2c(=O)n(Cc3ccncc3)n(Cc3cccc4ccccc34)c(=O)c21. The van der Waals surface area contributed by atoms with Crippen LogP contribution in [0.5, 0.6) is 0 Å². The van der Waals surface area contributed by atoms with E-state index in [2.05, 4.69) is 21.7 Å². The van der Waals surface area contributed by atoms with E-state index in [4.69, 9.17) is 10.7 Å². The Morgan fingerprint density at radius 3 is 2.55 bits per heavy atom. The van der Waals surface area contributed by atoms with Gasteiger partial charge in [-0.2, -0.15) is 0 Å². The number of piperidine rings is 1. The number of benzene rings is 2. The second-order valence-corrected chi connectivity index (χ2v) is 10.2. The van der Waals surface area contributed by atoms with Crippen molar-refractivity contribution in [3.8, 4) is 11.8 Å². The molecular weight excluding hydrogens is 502 g/mol. The van der Waals surface area contributed by atoms with E-state index in [0.29, 0.717) is 12.5 Å². The fourth-order valence-electron chi connectivity index (χ4n) is 5.58. The van der Waals surface area contributed by atoms with Gasteiger partial charge < -0.3 is 10.6 Å². The molecule has 0 amide bonds. The van der Waals surface area contributed by atoms with Crippen LogP contribution in [0.1, 0.15) is 30.9 Å². The first kappa shape index (κ1) is 25.6. The highest BCUT2D eigenvalue weighted by Gasteiger charge is 2.27. The van der Waals surface area contributed by atoms with Gasteiger partial charge in [-0.1, -0.05) is 48.4 Å². The molecule has 0 saturated carbocycles. The summed E-state index contributed by atoms with van der Waals surface area (Å²) >= 11 is 0. The van der Waals surface area contributed by atoms with Gasteiger partial charge in [-0.3, -0.25) is 19.1 Å². The monoisotopic (exact) mass is 533 g/mol. The minimum Gasteiger partial charge on any atom is -0.341 e. The largest absolute Gasteiger partial charge is 0.341 e. The molecule has 1 aliphatic heterocycles. The Bertz CT molecular complexity index is 1870. The van der Waals surface area contributed by atoms with Crippen LogP contribution in [0.15, 0.2) is 76.6 Å². The van der Waals surface area contributed by atoms with Crippen LogP contribution in [-0.2, 0) is 19.6 Å². The summed E-state index contributed by atoms with van der Waals surface area (Å²) in [6, 6.07) is 17.8. The van der Waals surface area contributed by atoms with Crippen molar-refractivity contribution >= 4 is 27.8 Å². The molecule has 0 aliphatic carbocycles. The molecular formula is C31H31N7O2. The second kappa shape index (κ2) is 10.8. The molecule has 1 fully saturated rings. The highest BCUT2D eigenvalue weighted by Crippen LogP contribution is 2.23. The Morgan fingerprint density at radius 1 is 0.975 bits per heavy atom. The maximum absolute atomic E-state index is 14.4. The van der Waals surface area contributed by atoms with Crippen LogP contribution in [0.4, 0.5) is 5.95 Å². The van der Waals surface area contributed by atoms with Crippen molar-refractivity contribution in [2.75, 3.05) is 18.0 Å². The molecule has 3 aromatic heterocycles. The molecule has 2 aromatic carbocycles. The Morgan fingerprint density at radius 2 is 1.75 bits per heavy atom. The molecule has 0 bridgehead atoms. The number of imidazole rings is 1. The second-order valence-electron chi connectivity index (χ2n) is 10.2. The van der Waals surface area contributed by atoms with Gasteiger partial charge in [0.1, 0.15) is 5.52 Å². The molecule has 1 saturated heterocycles. The van der Waals surface area contributed by atoms with Crippen LogP contribution in [0.25, 0.3) is 21.8 Å². The van der Waals surface area contributed by atoms with Crippen LogP contribution in [-0.4, -0.2) is 43.0 Å². The average Bonchev–Trinajstić information content (AvgIpc) is 3.37. The summed E-state index contributed by atoms with van der Waals surface area (Å²) in [5.41, 5.74) is 7.92. The fraction of sp³-hybridized carbons (Fsp3) is 0.290. The quantitative estimate of drug-likeness (QED) is 0.337. The lowest BCUT2D eigenvalue weighted by Crippen LogP contribution is -2.44. The first-order valence-corrected chi connectivity index (χ1v) is 13.5. The normalized spacial score (nSPS) is 15.3. The number of aromatic nitrogens is 5. The van der Waals surface area contributed by atoms with Crippen LogP contribution < -0.4 is 21.8 Å². The number of pyridine rings is 1. The van der Waals surface area contributed by atoms with Crippen LogP contribution >= 0.6 is 0 Å². The van der Waals surface area contributed by atoms with E-state index in [9.17, 15) is 9.59 Å². The maximum Gasteiger partial charge on any atom is 0.293 e. The van der Waals surface area contributed by atoms with Gasteiger partial charge in [0.05, 0.1) is 19.6 Å². The maximum atomic E-state index is 14.4. The summed E-state index contributed by atoms with van der Waals surface area (Å²) < 4.78 is 4.86. The van der Waals surface area contributed by atoms with E-state index in [1.165, 1.54) is 4.68 Å². The third-order valence-electron chi connectivity index (χ3n) is 7.55. The van der Waals surface area contributed by atoms with Crippen molar-refractivity contribution in [1.82, 2.24) is 23.9 Å². The molecule has 9 nitrogen and oxygen atoms in total. The summed E-state index contributed by atoms with van der Waals surface area (Å²) in [7, 11) is 0. The standard InChI is InChI=1S/C31H31N7O2/c1-2-3-18-36-28-27(34-31(36)35-17-7-11-25(32)21-35)29(39)37(19-22-13-15-33-16-14-22)38(30(28)40)20-24-10-6-9-23-8-4-5-12-26(23)24/h4-6,8-10,12-16,25H,7,11,17-21,32H2,1H3. The van der Waals surface area contributed by atoms with E-state index in [1.54, 1.807) is 28.6 Å². The Labute approximate surface area is 231 Å². The van der Waals surface area contributed by atoms with Crippen LogP contribution in [0.2, 0.25) is 0 Å². The molecule has 1 aliphatic rings. The lowest BCUT2D eigenvalue weighted by Gasteiger charge is -2.31. The lowest BCUT2D eigenvalue weighted by molar-refractivity contribution is 0.471. The van der Waals surface area contributed by atoms with E-state index in [0.717, 1.165) is 41.3 Å². The van der Waals surface area contributed by atoms with Gasteiger partial charge in [-0.15, -0.1) is 5.92 Å². The smallest absolute Gasteiger partial charge is 0.293 e. The highest BCUT2D eigenvalue weighted by atomic mass is 16.2. The summed E-state index contributed by atoms with van der Waals surface area (Å²) in [5, 5.41) is 2.11. The summed E-state index contributed by atoms with van der Waals surface area (Å²) in [5.74, 6) is 6.57. The Kier molecular flexibility index (Phi) is 6.93. The summed E-state index contributed by atoms with van der Waals surface area (Å²) in [4.78, 5) is 39.6. The number of hydrogen-bond donors (Lipinski definition) is 1. The number of nitrogens with two attached hydrogens (primary N) is 1. The van der Waals surface area contributed by atoms with Gasteiger partial charge in [0.2, 0.25) is 5.95 Å². The predicted molar refractivity (Wildman–Crippen MR) is 158 cm³/mol. The first-order valence-electron chi connectivity index (χ1n) is 13.5. The van der Waals surface area contributed by atoms with Crippen molar-refractivity contribution in [2.24, 2.45) is 5.73 Å². The van der Waals surface area contributed by atoms with E-state index < -0.39 is 0 Å². The minimum absolute atomic E-state index is 0.00522. The van der Waals surface area contributed by atoms with Gasteiger partial charge >= 0.3 is 0 Å². The Hall–Kier alpha value is -4.68. The van der Waals surface area contributed by atoms with Gasteiger partial charge in [-0.25, -0.2) is 14.3 Å². The fourth-order valence-corrected chi connectivity index (χ4v) is 5.58. The van der Waals surface area contributed by atoms with E-state index >= 15 is 0 Å². The highest BCUT2D eigenvalue weighted by molar-refractivity contribution is 5.85. The topological polar surface area (TPSA) is 104 Å². The molecule has 5 aromatic rings. The molecule has 1 atom stereocenters. The molecule has 6 rings (SSSR count).